The summed E-state index contributed by atoms with van der Waals surface area (Å²) >= 11 is 12.1. The maximum Gasteiger partial charge on any atom is 0.291 e. The first-order valence-electron chi connectivity index (χ1n) is 8.87. The van der Waals surface area contributed by atoms with Gasteiger partial charge in [-0.2, -0.15) is 0 Å². The van der Waals surface area contributed by atoms with E-state index in [-0.39, 0.29) is 11.7 Å². The summed E-state index contributed by atoms with van der Waals surface area (Å²) in [6.07, 6.45) is 1.46. The number of guanidine groups is 1. The number of carbonyl (C=O) groups is 1. The van der Waals surface area contributed by atoms with Gasteiger partial charge in [0.2, 0.25) is 0 Å². The maximum atomic E-state index is 12.0. The number of amides is 1. The number of carbonyl (C=O) groups excluding carboxylic acids is 1. The van der Waals surface area contributed by atoms with Gasteiger partial charge in [0.05, 0.1) is 6.26 Å². The Balaban J connectivity index is 1.49. The fourth-order valence-corrected chi connectivity index (χ4v) is 3.03. The van der Waals surface area contributed by atoms with Gasteiger partial charge in [0.15, 0.2) is 11.7 Å². The lowest BCUT2D eigenvalue weighted by Crippen LogP contribution is -2.36. The zero-order valence-corrected chi connectivity index (χ0v) is 17.2. The van der Waals surface area contributed by atoms with Crippen LogP contribution in [0, 0.1) is 0 Å². The summed E-state index contributed by atoms with van der Waals surface area (Å²) in [6.45, 7) is 1.09. The van der Waals surface area contributed by atoms with E-state index >= 15 is 0 Å². The van der Waals surface area contributed by atoms with Crippen LogP contribution in [0.15, 0.2) is 70.3 Å². The molecular formula is C21H20Cl2N4O2. The molecule has 2 aromatic carbocycles. The van der Waals surface area contributed by atoms with Crippen LogP contribution in [-0.4, -0.2) is 18.9 Å². The second kappa shape index (κ2) is 10.0. The summed E-state index contributed by atoms with van der Waals surface area (Å²) in [5.41, 5.74) is 2.65. The minimum Gasteiger partial charge on any atom is -0.459 e. The SMILES string of the molecule is CN=C(NCc1ccc(NC(=O)c2ccco2)cc1)NCc1ccc(Cl)cc1Cl. The third-order valence-electron chi connectivity index (χ3n) is 4.10. The van der Waals surface area contributed by atoms with Gasteiger partial charge in [-0.15, -0.1) is 0 Å². The highest BCUT2D eigenvalue weighted by atomic mass is 35.5. The molecule has 0 bridgehead atoms. The van der Waals surface area contributed by atoms with Crippen molar-refractivity contribution in [1.82, 2.24) is 10.6 Å². The van der Waals surface area contributed by atoms with Crippen molar-refractivity contribution >= 4 is 40.8 Å². The summed E-state index contributed by atoms with van der Waals surface area (Å²) in [5.74, 6) is 0.629. The normalized spacial score (nSPS) is 11.2. The predicted octanol–water partition coefficient (Wildman–Crippen LogP) is 4.70. The number of furan rings is 1. The largest absolute Gasteiger partial charge is 0.459 e. The van der Waals surface area contributed by atoms with Crippen molar-refractivity contribution in [1.29, 1.82) is 0 Å². The average molecular weight is 431 g/mol. The van der Waals surface area contributed by atoms with Crippen LogP contribution < -0.4 is 16.0 Å². The second-order valence-electron chi connectivity index (χ2n) is 6.14. The Kier molecular flexibility index (Phi) is 7.16. The smallest absolute Gasteiger partial charge is 0.291 e. The van der Waals surface area contributed by atoms with E-state index in [9.17, 15) is 4.79 Å². The monoisotopic (exact) mass is 430 g/mol. The van der Waals surface area contributed by atoms with Gasteiger partial charge in [-0.05, 0) is 47.5 Å². The molecule has 0 saturated heterocycles. The summed E-state index contributed by atoms with van der Waals surface area (Å²) < 4.78 is 5.08. The van der Waals surface area contributed by atoms with Gasteiger partial charge in [0.1, 0.15) is 0 Å². The van der Waals surface area contributed by atoms with E-state index in [0.29, 0.717) is 34.8 Å². The molecule has 0 aliphatic rings. The highest BCUT2D eigenvalue weighted by molar-refractivity contribution is 6.35. The molecule has 6 nitrogen and oxygen atoms in total. The van der Waals surface area contributed by atoms with Gasteiger partial charge in [-0.25, -0.2) is 0 Å². The van der Waals surface area contributed by atoms with Crippen LogP contribution in [0.3, 0.4) is 0 Å². The summed E-state index contributed by atoms with van der Waals surface area (Å²) in [4.78, 5) is 16.2. The number of rotatable bonds is 6. The van der Waals surface area contributed by atoms with E-state index in [1.54, 1.807) is 31.3 Å². The fraction of sp³-hybridized carbons (Fsp3) is 0.143. The molecule has 3 aromatic rings. The Labute approximate surface area is 178 Å². The Morgan fingerprint density at radius 3 is 2.45 bits per heavy atom. The number of nitrogens with one attached hydrogen (secondary N) is 3. The Morgan fingerprint density at radius 2 is 1.79 bits per heavy atom. The molecule has 3 rings (SSSR count). The summed E-state index contributed by atoms with van der Waals surface area (Å²) in [5, 5.41) is 10.4. The summed E-state index contributed by atoms with van der Waals surface area (Å²) in [7, 11) is 1.70. The molecule has 0 saturated carbocycles. The molecule has 0 unspecified atom stereocenters. The molecular weight excluding hydrogens is 411 g/mol. The van der Waals surface area contributed by atoms with Crippen molar-refractivity contribution in [2.45, 2.75) is 13.1 Å². The van der Waals surface area contributed by atoms with Crippen LogP contribution >= 0.6 is 23.2 Å². The van der Waals surface area contributed by atoms with Gasteiger partial charge in [0, 0.05) is 35.9 Å². The zero-order chi connectivity index (χ0) is 20.6. The first-order chi connectivity index (χ1) is 14.0. The lowest BCUT2D eigenvalue weighted by atomic mass is 10.2. The van der Waals surface area contributed by atoms with Crippen LogP contribution in [-0.2, 0) is 13.1 Å². The van der Waals surface area contributed by atoms with Gasteiger partial charge < -0.3 is 20.4 Å². The molecule has 1 amide bonds. The Bertz CT molecular complexity index is 986. The first-order valence-corrected chi connectivity index (χ1v) is 9.63. The number of nitrogens with zero attached hydrogens (tertiary/aromatic N) is 1. The lowest BCUT2D eigenvalue weighted by molar-refractivity contribution is 0.0996. The molecule has 0 spiro atoms. The van der Waals surface area contributed by atoms with Gasteiger partial charge in [0.25, 0.3) is 5.91 Å². The van der Waals surface area contributed by atoms with Crippen molar-refractivity contribution in [3.63, 3.8) is 0 Å². The van der Waals surface area contributed by atoms with Crippen molar-refractivity contribution < 1.29 is 9.21 Å². The number of benzene rings is 2. The van der Waals surface area contributed by atoms with Gasteiger partial charge in [-0.1, -0.05) is 41.4 Å². The minimum absolute atomic E-state index is 0.270. The molecule has 0 radical (unpaired) electrons. The van der Waals surface area contributed by atoms with Crippen LogP contribution in [0.1, 0.15) is 21.7 Å². The summed E-state index contributed by atoms with van der Waals surface area (Å²) in [6, 6.07) is 16.2. The van der Waals surface area contributed by atoms with E-state index in [1.807, 2.05) is 30.3 Å². The third kappa shape index (κ3) is 6.01. The Morgan fingerprint density at radius 1 is 1.03 bits per heavy atom. The molecule has 8 heteroatoms. The van der Waals surface area contributed by atoms with E-state index < -0.39 is 0 Å². The highest BCUT2D eigenvalue weighted by Gasteiger charge is 2.08. The minimum atomic E-state index is -0.286. The molecule has 3 N–H and O–H groups in total. The lowest BCUT2D eigenvalue weighted by Gasteiger charge is -2.13. The van der Waals surface area contributed by atoms with E-state index in [4.69, 9.17) is 27.6 Å². The zero-order valence-electron chi connectivity index (χ0n) is 15.7. The number of anilines is 1. The van der Waals surface area contributed by atoms with Crippen LogP contribution in [0.4, 0.5) is 5.69 Å². The molecule has 0 atom stereocenters. The topological polar surface area (TPSA) is 78.7 Å². The van der Waals surface area contributed by atoms with E-state index in [1.165, 1.54) is 6.26 Å². The molecule has 150 valence electrons. The van der Waals surface area contributed by atoms with Crippen LogP contribution in [0.25, 0.3) is 0 Å². The molecule has 1 aromatic heterocycles. The van der Waals surface area contributed by atoms with Crippen LogP contribution in [0.5, 0.6) is 0 Å². The average Bonchev–Trinajstić information content (AvgIpc) is 3.25. The first kappa shape index (κ1) is 20.8. The van der Waals surface area contributed by atoms with Gasteiger partial charge in [-0.3, -0.25) is 9.79 Å². The van der Waals surface area contributed by atoms with Crippen molar-refractivity contribution in [2.75, 3.05) is 12.4 Å². The predicted molar refractivity (Wildman–Crippen MR) is 117 cm³/mol. The number of hydrogen-bond donors (Lipinski definition) is 3. The molecule has 29 heavy (non-hydrogen) atoms. The van der Waals surface area contributed by atoms with E-state index in [2.05, 4.69) is 20.9 Å². The molecule has 0 fully saturated rings. The number of hydrogen-bond acceptors (Lipinski definition) is 3. The maximum absolute atomic E-state index is 12.0. The van der Waals surface area contributed by atoms with Crippen molar-refractivity contribution in [3.8, 4) is 0 Å². The molecule has 0 aliphatic carbocycles. The van der Waals surface area contributed by atoms with Crippen LogP contribution in [0.2, 0.25) is 10.0 Å². The van der Waals surface area contributed by atoms with E-state index in [0.717, 1.165) is 11.1 Å². The molecule has 0 aliphatic heterocycles. The highest BCUT2D eigenvalue weighted by Crippen LogP contribution is 2.20. The van der Waals surface area contributed by atoms with Crippen molar-refractivity contribution in [3.05, 3.63) is 87.8 Å². The molecule has 1 heterocycles. The number of aliphatic imine (C=N–C) groups is 1. The standard InChI is InChI=1S/C21H20Cl2N4O2/c1-24-21(26-13-15-6-7-16(22)11-18(15)23)25-12-14-4-8-17(9-5-14)27-20(28)19-3-2-10-29-19/h2-11H,12-13H2,1H3,(H,27,28)(H2,24,25,26). The van der Waals surface area contributed by atoms with Crippen molar-refractivity contribution in [2.24, 2.45) is 4.99 Å². The van der Waals surface area contributed by atoms with Gasteiger partial charge >= 0.3 is 0 Å². The quantitative estimate of drug-likeness (QED) is 0.391. The fourth-order valence-electron chi connectivity index (χ4n) is 2.56. The number of halogens is 2. The Hall–Kier alpha value is -2.96. The second-order valence-corrected chi connectivity index (χ2v) is 6.99. The third-order valence-corrected chi connectivity index (χ3v) is 4.69.